The van der Waals surface area contributed by atoms with E-state index in [1.807, 2.05) is 20.8 Å². The average Bonchev–Trinajstić information content (AvgIpc) is 3.48. The second-order valence-corrected chi connectivity index (χ2v) is 13.1. The fraction of sp³-hybridized carbons (Fsp3) is 0.542. The maximum Gasteiger partial charge on any atom is 0.348 e. The van der Waals surface area contributed by atoms with Crippen molar-refractivity contribution in [1.82, 2.24) is 14.5 Å². The zero-order chi connectivity index (χ0) is 25.4. The molecular weight excluding hydrogens is 488 g/mol. The topological polar surface area (TPSA) is 124 Å². The van der Waals surface area contributed by atoms with Gasteiger partial charge in [0.1, 0.15) is 9.77 Å². The monoisotopic (exact) mass is 518 g/mol. The number of piperazine rings is 1. The van der Waals surface area contributed by atoms with E-state index in [1.165, 1.54) is 16.7 Å². The number of aromatic carboxylic acids is 1. The number of carbonyl (C=O) groups is 2. The predicted octanol–water partition coefficient (Wildman–Crippen LogP) is 3.55. The van der Waals surface area contributed by atoms with E-state index in [1.54, 1.807) is 11.0 Å². The van der Waals surface area contributed by atoms with Crippen LogP contribution in [0.25, 0.3) is 0 Å². The Morgan fingerprint density at radius 1 is 1.26 bits per heavy atom. The molecule has 0 spiro atoms. The van der Waals surface area contributed by atoms with Crippen LogP contribution in [0.4, 0.5) is 5.69 Å². The lowest BCUT2D eigenvalue weighted by Crippen LogP contribution is -2.60. The molecule has 1 saturated carbocycles. The molecule has 1 unspecified atom stereocenters. The van der Waals surface area contributed by atoms with E-state index in [0.29, 0.717) is 10.6 Å². The summed E-state index contributed by atoms with van der Waals surface area (Å²) in [7, 11) is -3.92. The summed E-state index contributed by atoms with van der Waals surface area (Å²) >= 11 is 1.05. The van der Waals surface area contributed by atoms with E-state index in [2.05, 4.69) is 22.0 Å². The number of nitrogens with zero attached hydrogens (tertiary/aromatic N) is 3. The highest BCUT2D eigenvalue weighted by molar-refractivity contribution is 7.89. The third-order valence-corrected chi connectivity index (χ3v) is 9.14. The van der Waals surface area contributed by atoms with Gasteiger partial charge in [0, 0.05) is 18.2 Å². The molecule has 3 heterocycles. The number of amides is 1. The van der Waals surface area contributed by atoms with Gasteiger partial charge in [-0.05, 0) is 45.6 Å². The van der Waals surface area contributed by atoms with E-state index in [-0.39, 0.29) is 34.2 Å². The molecule has 1 atom stereocenters. The zero-order valence-corrected chi connectivity index (χ0v) is 21.7. The predicted molar refractivity (Wildman–Crippen MR) is 133 cm³/mol. The van der Waals surface area contributed by atoms with Gasteiger partial charge in [0.25, 0.3) is 0 Å². The van der Waals surface area contributed by atoms with Crippen LogP contribution < -0.4 is 4.90 Å². The molecule has 0 aromatic carbocycles. The number of sulfonamides is 1. The summed E-state index contributed by atoms with van der Waals surface area (Å²) < 4.78 is 27.6. The molecule has 2 aromatic rings. The molecule has 2 aliphatic rings. The van der Waals surface area contributed by atoms with Gasteiger partial charge in [-0.1, -0.05) is 31.1 Å². The summed E-state index contributed by atoms with van der Waals surface area (Å²) in [4.78, 5) is 27.9. The van der Waals surface area contributed by atoms with E-state index < -0.39 is 27.9 Å². The number of hydrogen-bond donors (Lipinski definition) is 2. The Balaban J connectivity index is 1.76. The Morgan fingerprint density at radius 3 is 2.57 bits per heavy atom. The van der Waals surface area contributed by atoms with Gasteiger partial charge < -0.3 is 10.0 Å². The van der Waals surface area contributed by atoms with Crippen LogP contribution in [-0.4, -0.2) is 59.0 Å². The molecule has 2 fully saturated rings. The summed E-state index contributed by atoms with van der Waals surface area (Å²) in [6.07, 6.45) is 7.33. The fourth-order valence-electron chi connectivity index (χ4n) is 4.70. The highest BCUT2D eigenvalue weighted by Gasteiger charge is 2.44. The first-order valence-corrected chi connectivity index (χ1v) is 13.9. The molecule has 9 nitrogen and oxygen atoms in total. The zero-order valence-electron chi connectivity index (χ0n) is 20.1. The van der Waals surface area contributed by atoms with Crippen molar-refractivity contribution in [1.29, 1.82) is 0 Å². The van der Waals surface area contributed by atoms with Crippen molar-refractivity contribution in [2.24, 2.45) is 11.3 Å². The summed E-state index contributed by atoms with van der Waals surface area (Å²) in [5.74, 6) is 4.67. The number of rotatable bonds is 5. The number of carbonyl (C=O) groups excluding carboxylic acids is 1. The molecule has 1 amide bonds. The number of carboxylic acids is 1. The molecule has 2 aromatic heterocycles. The third kappa shape index (κ3) is 5.44. The Morgan fingerprint density at radius 2 is 1.97 bits per heavy atom. The highest BCUT2D eigenvalue weighted by atomic mass is 32.2. The molecular formula is C24H30N4O5S2. The maximum absolute atomic E-state index is 13.5. The Kier molecular flexibility index (Phi) is 7.09. The van der Waals surface area contributed by atoms with Crippen molar-refractivity contribution >= 4 is 38.9 Å². The number of aromatic nitrogens is 2. The van der Waals surface area contributed by atoms with Gasteiger partial charge in [0.05, 0.1) is 29.3 Å². The number of anilines is 1. The second-order valence-electron chi connectivity index (χ2n) is 10.1. The Labute approximate surface area is 209 Å². The fourth-order valence-corrected chi connectivity index (χ4v) is 6.85. The molecule has 1 saturated heterocycles. The Hall–Kier alpha value is -2.68. The lowest BCUT2D eigenvalue weighted by Gasteiger charge is -2.44. The molecule has 1 aliphatic carbocycles. The number of aromatic amines is 1. The number of carboxylic acid groups (broad SMARTS) is 1. The van der Waals surface area contributed by atoms with Crippen LogP contribution in [0.5, 0.6) is 0 Å². The molecule has 11 heteroatoms. The first-order valence-electron chi connectivity index (χ1n) is 11.7. The molecule has 1 aliphatic heterocycles. The van der Waals surface area contributed by atoms with Crippen LogP contribution in [0, 0.1) is 23.2 Å². The number of H-pyrrole nitrogens is 1. The Bertz CT molecular complexity index is 1260. The average molecular weight is 519 g/mol. The number of nitrogens with one attached hydrogen (secondary N) is 1. The molecule has 2 N–H and O–H groups in total. The van der Waals surface area contributed by atoms with Crippen LogP contribution in [-0.2, 0) is 14.8 Å². The number of hydrogen-bond acceptors (Lipinski definition) is 6. The van der Waals surface area contributed by atoms with E-state index >= 15 is 0 Å². The van der Waals surface area contributed by atoms with Gasteiger partial charge in [0.15, 0.2) is 0 Å². The lowest BCUT2D eigenvalue weighted by atomic mass is 9.82. The quantitative estimate of drug-likeness (QED) is 0.584. The standard InChI is InChI=1S/C24H30N4O5S2/c1-24(2,3)10-9-17-11-19(22(34-17)23(30)31)28-20(16-7-5-4-6-8-16)14-27(15-21(28)29)35(32,33)18-12-25-26-13-18/h11-13,16,20H,4-8,14-15H2,1-3H3,(H,25,26)(H,30,31). The minimum absolute atomic E-state index is 0.00245. The van der Waals surface area contributed by atoms with Gasteiger partial charge in [0.2, 0.25) is 15.9 Å². The van der Waals surface area contributed by atoms with Gasteiger partial charge in [-0.2, -0.15) is 9.40 Å². The summed E-state index contributed by atoms with van der Waals surface area (Å²) in [6, 6.07) is 1.20. The summed E-state index contributed by atoms with van der Waals surface area (Å²) in [5.41, 5.74) is 0.0442. The summed E-state index contributed by atoms with van der Waals surface area (Å²) in [5, 5.41) is 16.2. The largest absolute Gasteiger partial charge is 0.477 e. The number of thiophene rings is 1. The second kappa shape index (κ2) is 9.76. The molecule has 0 bridgehead atoms. The highest BCUT2D eigenvalue weighted by Crippen LogP contribution is 2.39. The molecule has 4 rings (SSSR count). The minimum atomic E-state index is -3.92. The van der Waals surface area contributed by atoms with Crippen LogP contribution in [0.3, 0.4) is 0 Å². The SMILES string of the molecule is CC(C)(C)C#Cc1cc(N2C(=O)CN(S(=O)(=O)c3cn[nH]c3)CC2C2CCCCC2)c(C(=O)O)s1. The van der Waals surface area contributed by atoms with E-state index in [4.69, 9.17) is 0 Å². The molecule has 35 heavy (non-hydrogen) atoms. The minimum Gasteiger partial charge on any atom is -0.477 e. The van der Waals surface area contributed by atoms with Crippen LogP contribution in [0.15, 0.2) is 23.4 Å². The molecule has 0 radical (unpaired) electrons. The lowest BCUT2D eigenvalue weighted by molar-refractivity contribution is -0.121. The van der Waals surface area contributed by atoms with Crippen LogP contribution >= 0.6 is 11.3 Å². The van der Waals surface area contributed by atoms with Crippen molar-refractivity contribution in [2.75, 3.05) is 18.0 Å². The maximum atomic E-state index is 13.5. The van der Waals surface area contributed by atoms with Crippen molar-refractivity contribution in [3.63, 3.8) is 0 Å². The molecule has 188 valence electrons. The van der Waals surface area contributed by atoms with Crippen molar-refractivity contribution in [3.05, 3.63) is 28.2 Å². The van der Waals surface area contributed by atoms with Crippen LogP contribution in [0.2, 0.25) is 0 Å². The van der Waals surface area contributed by atoms with Crippen molar-refractivity contribution < 1.29 is 23.1 Å². The van der Waals surface area contributed by atoms with Gasteiger partial charge in [-0.25, -0.2) is 13.2 Å². The van der Waals surface area contributed by atoms with Crippen molar-refractivity contribution in [2.45, 2.75) is 63.8 Å². The van der Waals surface area contributed by atoms with Gasteiger partial charge in [-0.3, -0.25) is 9.89 Å². The first-order chi connectivity index (χ1) is 16.5. The normalized spacial score (nSPS) is 20.5. The summed E-state index contributed by atoms with van der Waals surface area (Å²) in [6.45, 7) is 5.63. The van der Waals surface area contributed by atoms with E-state index in [0.717, 1.165) is 43.4 Å². The van der Waals surface area contributed by atoms with E-state index in [9.17, 15) is 23.1 Å². The van der Waals surface area contributed by atoms with Gasteiger partial charge >= 0.3 is 5.97 Å². The third-order valence-electron chi connectivity index (χ3n) is 6.33. The first kappa shape index (κ1) is 25.4. The smallest absolute Gasteiger partial charge is 0.348 e. The van der Waals surface area contributed by atoms with Crippen LogP contribution in [0.1, 0.15) is 67.4 Å². The van der Waals surface area contributed by atoms with Gasteiger partial charge in [-0.15, -0.1) is 11.3 Å². The van der Waals surface area contributed by atoms with Crippen molar-refractivity contribution in [3.8, 4) is 11.8 Å².